The van der Waals surface area contributed by atoms with Gasteiger partial charge in [0.15, 0.2) is 5.78 Å². The zero-order valence-corrected chi connectivity index (χ0v) is 64.2. The summed E-state index contributed by atoms with van der Waals surface area (Å²) >= 11 is 1.27. The summed E-state index contributed by atoms with van der Waals surface area (Å²) in [7, 11) is 4.55. The van der Waals surface area contributed by atoms with E-state index in [9.17, 15) is 92.3 Å². The normalized spacial score (nSPS) is 14.8. The summed E-state index contributed by atoms with van der Waals surface area (Å²) in [5.41, 5.74) is 6.56. The Kier molecular flexibility index (Phi) is 42.0. The number of piperidine rings is 1. The molecule has 4 rings (SSSR count). The van der Waals surface area contributed by atoms with E-state index in [4.69, 9.17) is 14.6 Å². The number of aryl methyl sites for hydroxylation is 1. The van der Waals surface area contributed by atoms with E-state index < -0.39 is 145 Å². The zero-order valence-electron chi connectivity index (χ0n) is 61.8. The molecule has 2 heterocycles. The number of hydrogen-bond acceptors (Lipinski definition) is 23. The van der Waals surface area contributed by atoms with Crippen molar-refractivity contribution in [2.24, 2.45) is 17.8 Å². The Bertz CT molecular complexity index is 3520. The highest BCUT2D eigenvalue weighted by atomic mass is 33.1. The zero-order chi connectivity index (χ0) is 80.4. The first-order valence-corrected chi connectivity index (χ1v) is 39.4. The Morgan fingerprint density at radius 3 is 2.00 bits per heavy atom. The van der Waals surface area contributed by atoms with Crippen molar-refractivity contribution >= 4 is 122 Å². The molecule has 9 atom stereocenters. The average Bonchev–Trinajstić information content (AvgIpc) is 1.30. The topological polar surface area (TPSA) is 524 Å². The molecule has 0 saturated carbocycles. The van der Waals surface area contributed by atoms with Gasteiger partial charge in [-0.25, -0.2) is 34.4 Å². The van der Waals surface area contributed by atoms with Crippen LogP contribution in [0, 0.1) is 17.8 Å². The number of hydrogen-bond donors (Lipinski definition) is 16. The number of carbonyl (C=O) groups is 15. The molecule has 16 N–H and O–H groups in total. The van der Waals surface area contributed by atoms with E-state index in [1.54, 1.807) is 48.7 Å². The van der Waals surface area contributed by atoms with Gasteiger partial charge in [-0.3, -0.25) is 58.3 Å². The number of aliphatic carboxylic acids is 4. The number of carboxylic acids is 4. The van der Waals surface area contributed by atoms with Crippen LogP contribution >= 0.6 is 32.9 Å². The second kappa shape index (κ2) is 50.0. The molecule has 3 aromatic rings. The number of nitrogens with one attached hydrogen (secondary N) is 11. The van der Waals surface area contributed by atoms with Crippen molar-refractivity contribution in [2.75, 3.05) is 57.9 Å². The summed E-state index contributed by atoms with van der Waals surface area (Å²) in [5.74, 6) is -10.6. The van der Waals surface area contributed by atoms with Gasteiger partial charge in [0.2, 0.25) is 29.5 Å². The third-order valence-electron chi connectivity index (χ3n) is 17.4. The summed E-state index contributed by atoms with van der Waals surface area (Å²) in [5, 5.41) is 71.9. The van der Waals surface area contributed by atoms with Crippen molar-refractivity contribution in [3.8, 4) is 5.75 Å². The second-order valence-corrected chi connectivity index (χ2v) is 29.8. The van der Waals surface area contributed by atoms with Crippen LogP contribution in [0.15, 0.2) is 53.9 Å². The van der Waals surface area contributed by atoms with Crippen LogP contribution in [0.3, 0.4) is 0 Å². The number of nitrogens with zero attached hydrogens (tertiary/aromatic N) is 2. The fourth-order valence-corrected chi connectivity index (χ4v) is 13.7. The number of aromatic hydroxyl groups is 1. The summed E-state index contributed by atoms with van der Waals surface area (Å²) < 4.78 is 10.8. The number of rotatable bonds is 50. The number of phenols is 1. The number of likely N-dealkylation sites (tertiary alicyclic amines) is 1. The lowest BCUT2D eigenvalue weighted by Crippen LogP contribution is -2.55. The van der Waals surface area contributed by atoms with E-state index in [0.29, 0.717) is 72.6 Å². The molecule has 0 aliphatic carbocycles. The number of phenolic OH excluding ortho intramolecular Hbond substituents is 1. The number of urea groups is 2. The first-order valence-electron chi connectivity index (χ1n) is 36.0. The molecule has 0 bridgehead atoms. The van der Waals surface area contributed by atoms with Gasteiger partial charge in [0, 0.05) is 61.3 Å². The molecule has 35 nitrogen and oxygen atoms in total. The monoisotopic (exact) mass is 1590 g/mol. The van der Waals surface area contributed by atoms with Gasteiger partial charge in [0.25, 0.3) is 5.91 Å². The highest BCUT2D eigenvalue weighted by Crippen LogP contribution is 2.24. The Labute approximate surface area is 643 Å². The minimum Gasteiger partial charge on any atom is -0.508 e. The fourth-order valence-electron chi connectivity index (χ4n) is 11.1. The molecule has 1 fully saturated rings. The number of esters is 1. The molecular formula is C71H103N13O22S3. The van der Waals surface area contributed by atoms with Crippen molar-refractivity contribution < 1.29 is 107 Å². The third-order valence-corrected chi connectivity index (χ3v) is 20.7. The van der Waals surface area contributed by atoms with Gasteiger partial charge in [-0.05, 0) is 125 Å². The number of carbonyl (C=O) groups excluding carboxylic acids is 11. The van der Waals surface area contributed by atoms with Crippen LogP contribution in [0.25, 0.3) is 0 Å². The lowest BCUT2D eigenvalue weighted by atomic mass is 9.86. The van der Waals surface area contributed by atoms with Crippen molar-refractivity contribution in [2.45, 2.75) is 186 Å². The summed E-state index contributed by atoms with van der Waals surface area (Å²) in [6, 6.07) is 4.89. The number of likely N-dealkylation sites (N-methyl/N-ethyl adjacent to an activating group) is 1. The lowest BCUT2D eigenvalue weighted by Gasteiger charge is -2.34. The van der Waals surface area contributed by atoms with E-state index in [1.807, 2.05) is 38.0 Å². The molecule has 2 aromatic carbocycles. The van der Waals surface area contributed by atoms with Crippen LogP contribution in [0.2, 0.25) is 0 Å². The standard InChI is InChI=1S/C71H103N13O22S3/c1-6-13-60(92)106-40-47(62(93)61(42(3)7-2)81-66(97)54-16-9-11-30-84(54)5)14-12-17-57-78-53(41-107-57)65(96)76-48(35-44-22-24-49(85)25-23-44)34-43(4)63(94)82-83-71(104)105-31-33-109-108-32-29-72-56(87)39-74-64(95)52(37-59(90)91)77-55(86)36-45-18-20-46(21-19-45)38-75-69(102)73-28-10-8-15-50(67(98)99)79-70(103)80-51(68(100)101)26-27-58(88)89/h18-25,41-43,47-48,50-52,54,61,85H,6-17,26-40H2,1-5H3,(H,72,87)(H,74,95)(H,76,96)(H,77,86)(H,81,97)(H,82,94)(H,83,104)(H,88,89)(H,90,91)(H,98,99)(H,100,101)(H2,73,75,102)(H2,79,80,103)/t42?,43-,47?,48+,50-,51-,52-,54+,61?/m0/s1. The SMILES string of the molecule is CCCC(=O)OCC(CCCc1nc(C(=O)N[C@@H](Cc2ccc(O)cc2)C[C@H](C)C(=O)NNC(=O)OCCSSCCNC(=O)CNC(=O)[C@H](CC(=O)O)NC(=O)Cc2ccc(CNC(=O)NCCCC[C@H](NC(=O)N[C@@H](CCC(=O)O)C(=O)O)C(=O)O)cc2)cs1)C(=O)C(NC(=O)[C@H]1CCCCN1C)C(C)CC. The van der Waals surface area contributed by atoms with Gasteiger partial charge in [0.05, 0.1) is 42.4 Å². The van der Waals surface area contributed by atoms with Crippen molar-refractivity contribution in [1.29, 1.82) is 0 Å². The fraction of sp³-hybridized carbons (Fsp3) is 0.577. The van der Waals surface area contributed by atoms with E-state index in [-0.39, 0.29) is 106 Å². The number of Topliss-reactive ketones (excluding diaryl/α,β-unsaturated/α-hetero) is 1. The molecule has 0 radical (unpaired) electrons. The van der Waals surface area contributed by atoms with Gasteiger partial charge >= 0.3 is 48.0 Å². The largest absolute Gasteiger partial charge is 0.508 e. The van der Waals surface area contributed by atoms with Gasteiger partial charge in [0.1, 0.15) is 42.8 Å². The number of benzene rings is 2. The number of ketones is 1. The maximum atomic E-state index is 14.3. The van der Waals surface area contributed by atoms with Gasteiger partial charge in [-0.1, -0.05) is 98.5 Å². The number of amides is 11. The second-order valence-electron chi connectivity index (χ2n) is 26.2. The van der Waals surface area contributed by atoms with Crippen LogP contribution in [-0.4, -0.2) is 219 Å². The summed E-state index contributed by atoms with van der Waals surface area (Å²) in [6.07, 6.45) is 3.11. The number of unbranched alkanes of at least 4 members (excludes halogenated alkanes) is 1. The highest BCUT2D eigenvalue weighted by molar-refractivity contribution is 8.76. The molecule has 1 aliphatic rings. The Balaban J connectivity index is 1.12. The first-order chi connectivity index (χ1) is 51.9. The molecule has 1 aliphatic heterocycles. The summed E-state index contributed by atoms with van der Waals surface area (Å²) in [6.45, 7) is 7.75. The molecule has 0 spiro atoms. The molecule has 109 heavy (non-hydrogen) atoms. The van der Waals surface area contributed by atoms with Crippen molar-refractivity contribution in [3.63, 3.8) is 0 Å². The van der Waals surface area contributed by atoms with E-state index in [0.717, 1.165) is 24.9 Å². The minimum absolute atomic E-state index is 0.0386. The van der Waals surface area contributed by atoms with Gasteiger partial charge in [-0.15, -0.1) is 11.3 Å². The maximum Gasteiger partial charge on any atom is 0.426 e. The number of hydrazine groups is 1. The van der Waals surface area contributed by atoms with E-state index in [2.05, 4.69) is 58.4 Å². The Morgan fingerprint density at radius 2 is 1.34 bits per heavy atom. The quantitative estimate of drug-likeness (QED) is 0.0166. The molecule has 11 amide bonds. The molecular weight excluding hydrogens is 1480 g/mol. The highest BCUT2D eigenvalue weighted by Gasteiger charge is 2.36. The van der Waals surface area contributed by atoms with Crippen LogP contribution in [0.5, 0.6) is 5.75 Å². The van der Waals surface area contributed by atoms with Crippen LogP contribution < -0.4 is 58.7 Å². The molecule has 3 unspecified atom stereocenters. The van der Waals surface area contributed by atoms with Gasteiger partial charge in [-0.2, -0.15) is 0 Å². The third kappa shape index (κ3) is 36.8. The van der Waals surface area contributed by atoms with Crippen LogP contribution in [0.1, 0.15) is 156 Å². The van der Waals surface area contributed by atoms with Crippen LogP contribution in [0.4, 0.5) is 14.4 Å². The molecule has 602 valence electrons. The number of carboxylic acid groups (broad SMARTS) is 4. The Hall–Kier alpha value is -9.82. The number of aromatic nitrogens is 1. The predicted octanol–water partition coefficient (Wildman–Crippen LogP) is 3.70. The van der Waals surface area contributed by atoms with E-state index in [1.165, 1.54) is 45.1 Å². The predicted molar refractivity (Wildman–Crippen MR) is 401 cm³/mol. The molecule has 38 heteroatoms. The lowest BCUT2D eigenvalue weighted by molar-refractivity contribution is -0.148. The van der Waals surface area contributed by atoms with Crippen molar-refractivity contribution in [1.82, 2.24) is 68.6 Å². The van der Waals surface area contributed by atoms with Crippen LogP contribution in [-0.2, 0) is 88.0 Å². The molecule has 1 saturated heterocycles. The van der Waals surface area contributed by atoms with E-state index >= 15 is 0 Å². The van der Waals surface area contributed by atoms with Crippen molar-refractivity contribution in [3.05, 3.63) is 81.3 Å². The Morgan fingerprint density at radius 1 is 0.661 bits per heavy atom. The molecule has 1 aromatic heterocycles. The summed E-state index contributed by atoms with van der Waals surface area (Å²) in [4.78, 5) is 195. The van der Waals surface area contributed by atoms with Gasteiger partial charge < -0.3 is 82.9 Å². The maximum absolute atomic E-state index is 14.3. The first kappa shape index (κ1) is 91.6. The number of ether oxygens (including phenoxy) is 2. The smallest absolute Gasteiger partial charge is 0.426 e. The number of thiazole rings is 1. The minimum atomic E-state index is -1.55. The average molecular weight is 1590 g/mol.